The average molecular weight is 372 g/mol. The van der Waals surface area contributed by atoms with Gasteiger partial charge >= 0.3 is 0 Å². The minimum atomic E-state index is -0.997. The number of aryl methyl sites for hydroxylation is 1. The van der Waals surface area contributed by atoms with Gasteiger partial charge in [-0.05, 0) is 36.8 Å². The number of rotatable bonds is 5. The molecular weight excluding hydrogens is 357 g/mol. The number of hydrogen-bond acceptors (Lipinski definition) is 4. The Hall–Kier alpha value is -3.42. The van der Waals surface area contributed by atoms with Crippen LogP contribution in [0.4, 0.5) is 24.7 Å². The molecule has 2 aromatic carbocycles. The van der Waals surface area contributed by atoms with Gasteiger partial charge in [-0.25, -0.2) is 23.1 Å². The number of anilines is 2. The van der Waals surface area contributed by atoms with Crippen molar-refractivity contribution in [2.75, 3.05) is 5.32 Å². The fourth-order valence-electron chi connectivity index (χ4n) is 2.34. The van der Waals surface area contributed by atoms with Crippen LogP contribution in [0.3, 0.4) is 0 Å². The summed E-state index contributed by atoms with van der Waals surface area (Å²) in [6.07, 6.45) is 0. The van der Waals surface area contributed by atoms with Crippen molar-refractivity contribution in [1.29, 1.82) is 0 Å². The van der Waals surface area contributed by atoms with Crippen LogP contribution in [0.25, 0.3) is 0 Å². The van der Waals surface area contributed by atoms with Gasteiger partial charge in [-0.1, -0.05) is 12.1 Å². The standard InChI is InChI=1S/C19H15F3N4O/c1-11-24-17(19(27)23-10-12-2-4-13(20)5-3-12)9-18(25-11)26-14-6-7-15(21)16(22)8-14/h2-9H,10H2,1H3,(H,23,27)(H,24,25,26). The van der Waals surface area contributed by atoms with Gasteiger partial charge in [0, 0.05) is 24.4 Å². The molecule has 27 heavy (non-hydrogen) atoms. The minimum Gasteiger partial charge on any atom is -0.347 e. The van der Waals surface area contributed by atoms with E-state index in [9.17, 15) is 18.0 Å². The second-order valence-corrected chi connectivity index (χ2v) is 5.75. The Morgan fingerprint density at radius 3 is 2.41 bits per heavy atom. The molecule has 0 aliphatic heterocycles. The number of hydrogen-bond donors (Lipinski definition) is 2. The van der Waals surface area contributed by atoms with E-state index in [0.29, 0.717) is 5.82 Å². The monoisotopic (exact) mass is 372 g/mol. The molecule has 1 heterocycles. The van der Waals surface area contributed by atoms with Gasteiger partial charge in [0.2, 0.25) is 0 Å². The van der Waals surface area contributed by atoms with E-state index in [-0.39, 0.29) is 29.6 Å². The summed E-state index contributed by atoms with van der Waals surface area (Å²) in [7, 11) is 0. The lowest BCUT2D eigenvalue weighted by atomic mass is 10.2. The van der Waals surface area contributed by atoms with Crippen molar-refractivity contribution in [3.05, 3.63) is 83.1 Å². The molecular formula is C19H15F3N4O. The summed E-state index contributed by atoms with van der Waals surface area (Å²) < 4.78 is 39.2. The summed E-state index contributed by atoms with van der Waals surface area (Å²) >= 11 is 0. The Labute approximate surface area is 153 Å². The van der Waals surface area contributed by atoms with Crippen LogP contribution in [-0.2, 0) is 6.54 Å². The van der Waals surface area contributed by atoms with E-state index in [2.05, 4.69) is 20.6 Å². The fraction of sp³-hybridized carbons (Fsp3) is 0.105. The predicted octanol–water partition coefficient (Wildman–Crippen LogP) is 3.88. The summed E-state index contributed by atoms with van der Waals surface area (Å²) in [4.78, 5) is 20.5. The molecule has 0 aliphatic rings. The molecule has 0 saturated heterocycles. The number of benzene rings is 2. The second-order valence-electron chi connectivity index (χ2n) is 5.75. The first kappa shape index (κ1) is 18.4. The molecule has 5 nitrogen and oxygen atoms in total. The van der Waals surface area contributed by atoms with E-state index in [1.807, 2.05) is 0 Å². The van der Waals surface area contributed by atoms with Gasteiger partial charge in [0.25, 0.3) is 5.91 Å². The molecule has 0 aliphatic carbocycles. The van der Waals surface area contributed by atoms with E-state index in [1.165, 1.54) is 24.3 Å². The first-order chi connectivity index (χ1) is 12.9. The zero-order valence-electron chi connectivity index (χ0n) is 14.3. The van der Waals surface area contributed by atoms with Gasteiger partial charge in [-0.3, -0.25) is 4.79 Å². The van der Waals surface area contributed by atoms with E-state index >= 15 is 0 Å². The lowest BCUT2D eigenvalue weighted by Crippen LogP contribution is -2.24. The number of nitrogens with zero attached hydrogens (tertiary/aromatic N) is 2. The summed E-state index contributed by atoms with van der Waals surface area (Å²) in [6, 6.07) is 10.5. The predicted molar refractivity (Wildman–Crippen MR) is 94.0 cm³/mol. The second kappa shape index (κ2) is 7.86. The van der Waals surface area contributed by atoms with Crippen LogP contribution in [-0.4, -0.2) is 15.9 Å². The topological polar surface area (TPSA) is 66.9 Å². The number of halogens is 3. The quantitative estimate of drug-likeness (QED) is 0.713. The summed E-state index contributed by atoms with van der Waals surface area (Å²) in [5.74, 6) is -2.17. The van der Waals surface area contributed by atoms with Crippen LogP contribution in [0.15, 0.2) is 48.5 Å². The van der Waals surface area contributed by atoms with Crippen molar-refractivity contribution >= 4 is 17.4 Å². The molecule has 2 N–H and O–H groups in total. The summed E-state index contributed by atoms with van der Waals surface area (Å²) in [6.45, 7) is 1.81. The largest absolute Gasteiger partial charge is 0.347 e. The highest BCUT2D eigenvalue weighted by atomic mass is 19.2. The normalized spacial score (nSPS) is 10.5. The average Bonchev–Trinajstić information content (AvgIpc) is 2.63. The van der Waals surface area contributed by atoms with Crippen molar-refractivity contribution in [3.63, 3.8) is 0 Å². The highest BCUT2D eigenvalue weighted by Crippen LogP contribution is 2.18. The third-order valence-electron chi connectivity index (χ3n) is 3.63. The molecule has 3 aromatic rings. The first-order valence-corrected chi connectivity index (χ1v) is 8.01. The van der Waals surface area contributed by atoms with Crippen molar-refractivity contribution in [2.24, 2.45) is 0 Å². The van der Waals surface area contributed by atoms with Gasteiger partial charge < -0.3 is 10.6 Å². The third-order valence-corrected chi connectivity index (χ3v) is 3.63. The molecule has 1 amide bonds. The highest BCUT2D eigenvalue weighted by molar-refractivity contribution is 5.93. The molecule has 0 fully saturated rings. The number of carbonyl (C=O) groups is 1. The molecule has 0 unspecified atom stereocenters. The van der Waals surface area contributed by atoms with E-state index in [4.69, 9.17) is 0 Å². The summed E-state index contributed by atoms with van der Waals surface area (Å²) in [5.41, 5.74) is 1.12. The van der Waals surface area contributed by atoms with Crippen molar-refractivity contribution < 1.29 is 18.0 Å². The molecule has 8 heteroatoms. The van der Waals surface area contributed by atoms with E-state index in [1.54, 1.807) is 19.1 Å². The molecule has 1 aromatic heterocycles. The molecule has 138 valence electrons. The van der Waals surface area contributed by atoms with Gasteiger partial charge in [0.1, 0.15) is 23.2 Å². The number of aromatic nitrogens is 2. The first-order valence-electron chi connectivity index (χ1n) is 8.01. The minimum absolute atomic E-state index is 0.106. The van der Waals surface area contributed by atoms with Crippen molar-refractivity contribution in [1.82, 2.24) is 15.3 Å². The molecule has 0 saturated carbocycles. The molecule has 0 atom stereocenters. The zero-order valence-corrected chi connectivity index (χ0v) is 14.3. The Morgan fingerprint density at radius 1 is 0.963 bits per heavy atom. The third kappa shape index (κ3) is 4.81. The Morgan fingerprint density at radius 2 is 1.70 bits per heavy atom. The summed E-state index contributed by atoms with van der Waals surface area (Å²) in [5, 5.41) is 5.49. The zero-order chi connectivity index (χ0) is 19.4. The van der Waals surface area contributed by atoms with Crippen LogP contribution in [0.5, 0.6) is 0 Å². The Kier molecular flexibility index (Phi) is 5.35. The fourth-order valence-corrected chi connectivity index (χ4v) is 2.34. The van der Waals surface area contributed by atoms with Crippen molar-refractivity contribution in [3.8, 4) is 0 Å². The lowest BCUT2D eigenvalue weighted by molar-refractivity contribution is 0.0945. The van der Waals surface area contributed by atoms with Crippen molar-refractivity contribution in [2.45, 2.75) is 13.5 Å². The van der Waals surface area contributed by atoms with Crippen LogP contribution in [0.2, 0.25) is 0 Å². The maximum absolute atomic E-state index is 13.3. The molecule has 0 spiro atoms. The number of carbonyl (C=O) groups excluding carboxylic acids is 1. The van der Waals surface area contributed by atoms with Gasteiger partial charge in [-0.15, -0.1) is 0 Å². The van der Waals surface area contributed by atoms with Crippen LogP contribution >= 0.6 is 0 Å². The van der Waals surface area contributed by atoms with Gasteiger partial charge in [0.15, 0.2) is 11.6 Å². The highest BCUT2D eigenvalue weighted by Gasteiger charge is 2.11. The maximum atomic E-state index is 13.3. The lowest BCUT2D eigenvalue weighted by Gasteiger charge is -2.09. The van der Waals surface area contributed by atoms with Crippen LogP contribution in [0, 0.1) is 24.4 Å². The Balaban J connectivity index is 1.72. The molecule has 0 radical (unpaired) electrons. The van der Waals surface area contributed by atoms with Gasteiger partial charge in [0.05, 0.1) is 0 Å². The maximum Gasteiger partial charge on any atom is 0.270 e. The SMILES string of the molecule is Cc1nc(Nc2ccc(F)c(F)c2)cc(C(=O)NCc2ccc(F)cc2)n1. The number of amides is 1. The van der Waals surface area contributed by atoms with E-state index in [0.717, 1.165) is 17.7 Å². The van der Waals surface area contributed by atoms with E-state index < -0.39 is 17.5 Å². The number of nitrogens with one attached hydrogen (secondary N) is 2. The van der Waals surface area contributed by atoms with Crippen LogP contribution in [0.1, 0.15) is 21.9 Å². The smallest absolute Gasteiger partial charge is 0.270 e. The molecule has 0 bridgehead atoms. The van der Waals surface area contributed by atoms with Crippen LogP contribution < -0.4 is 10.6 Å². The van der Waals surface area contributed by atoms with Gasteiger partial charge in [-0.2, -0.15) is 0 Å². The Bertz CT molecular complexity index is 977. The molecule has 3 rings (SSSR count).